The molecule has 1 aromatic heterocycles. The minimum atomic E-state index is -1.20. The number of hydrogen-bond donors (Lipinski definition) is 7. The number of hydrogen-bond acceptors (Lipinski definition) is 8. The van der Waals surface area contributed by atoms with Crippen LogP contribution in [0.4, 0.5) is 19.3 Å². The van der Waals surface area contributed by atoms with E-state index in [1.165, 1.54) is 29.9 Å². The molecule has 224 valence electrons. The van der Waals surface area contributed by atoms with Gasteiger partial charge in [-0.2, -0.15) is 4.39 Å². The third-order valence-electron chi connectivity index (χ3n) is 6.68. The fourth-order valence-electron chi connectivity index (χ4n) is 4.46. The van der Waals surface area contributed by atoms with Crippen molar-refractivity contribution < 1.29 is 33.0 Å². The van der Waals surface area contributed by atoms with E-state index < -0.39 is 29.7 Å². The van der Waals surface area contributed by atoms with Crippen LogP contribution in [-0.4, -0.2) is 77.6 Å². The Balaban J connectivity index is 1.32. The Labute approximate surface area is 239 Å². The van der Waals surface area contributed by atoms with Crippen LogP contribution in [0.25, 0.3) is 11.3 Å². The highest BCUT2D eigenvalue weighted by Gasteiger charge is 2.26. The largest absolute Gasteiger partial charge is 0.475 e. The standard InChI is InChI=1S/C27H32F2N8O5/c1-14-9-15(3-4-16(14)25(39)32-7-8-33-27(41)36-18-10-31-12-20(18)38)35-26(40)24-34-11-19(37(24)2)17-5-6-21(42-13-30)23(29)22(17)28/h3-6,9,11,18,20,31,38H,7-8,10,12-13,30H2,1-2H3,(H,32,39)(H,35,40)(H2,33,36,41)/t18-,20-/m1/s1. The first-order chi connectivity index (χ1) is 20.1. The second kappa shape index (κ2) is 13.4. The number of nitrogens with zero attached hydrogens (tertiary/aromatic N) is 2. The summed E-state index contributed by atoms with van der Waals surface area (Å²) in [4.78, 5) is 41.6. The van der Waals surface area contributed by atoms with Crippen molar-refractivity contribution in [3.63, 3.8) is 0 Å². The van der Waals surface area contributed by atoms with Crippen LogP contribution in [0.15, 0.2) is 36.5 Å². The Kier molecular flexibility index (Phi) is 9.67. The molecule has 42 heavy (non-hydrogen) atoms. The number of aliphatic hydroxyl groups excluding tert-OH is 1. The highest BCUT2D eigenvalue weighted by molar-refractivity contribution is 6.03. The van der Waals surface area contributed by atoms with E-state index in [1.807, 2.05) is 0 Å². The maximum Gasteiger partial charge on any atom is 0.315 e. The Bertz CT molecular complexity index is 1480. The molecule has 2 aromatic carbocycles. The molecular weight excluding hydrogens is 554 g/mol. The maximum atomic E-state index is 14.7. The summed E-state index contributed by atoms with van der Waals surface area (Å²) in [5, 5.41) is 23.4. The van der Waals surface area contributed by atoms with Crippen molar-refractivity contribution in [2.45, 2.75) is 19.1 Å². The molecule has 1 fully saturated rings. The number of halogens is 2. The van der Waals surface area contributed by atoms with Gasteiger partial charge in [0.05, 0.1) is 24.0 Å². The molecule has 15 heteroatoms. The predicted molar refractivity (Wildman–Crippen MR) is 149 cm³/mol. The summed E-state index contributed by atoms with van der Waals surface area (Å²) in [5.74, 6) is -3.72. The number of rotatable bonds is 10. The fraction of sp³-hybridized carbons (Fsp3) is 0.333. The zero-order valence-corrected chi connectivity index (χ0v) is 23.0. The first-order valence-electron chi connectivity index (χ1n) is 13.1. The minimum absolute atomic E-state index is 0.0539. The van der Waals surface area contributed by atoms with Crippen LogP contribution in [0, 0.1) is 18.6 Å². The molecular formula is C27H32F2N8O5. The molecule has 2 heterocycles. The predicted octanol–water partition coefficient (Wildman–Crippen LogP) is 0.583. The topological polar surface area (TPSA) is 185 Å². The number of amides is 4. The average Bonchev–Trinajstić information content (AvgIpc) is 3.54. The van der Waals surface area contributed by atoms with E-state index in [0.717, 1.165) is 0 Å². The number of nitrogens with one attached hydrogen (secondary N) is 5. The number of ether oxygens (including phenoxy) is 1. The van der Waals surface area contributed by atoms with Crippen LogP contribution in [0.3, 0.4) is 0 Å². The lowest BCUT2D eigenvalue weighted by molar-refractivity contribution is 0.0952. The Morgan fingerprint density at radius 1 is 1.12 bits per heavy atom. The van der Waals surface area contributed by atoms with E-state index in [-0.39, 0.29) is 54.6 Å². The van der Waals surface area contributed by atoms with Gasteiger partial charge >= 0.3 is 6.03 Å². The maximum absolute atomic E-state index is 14.7. The van der Waals surface area contributed by atoms with Gasteiger partial charge < -0.3 is 41.0 Å². The van der Waals surface area contributed by atoms with E-state index in [0.29, 0.717) is 29.9 Å². The van der Waals surface area contributed by atoms with E-state index in [2.05, 4.69) is 31.6 Å². The monoisotopic (exact) mass is 586 g/mol. The number of benzene rings is 2. The van der Waals surface area contributed by atoms with Gasteiger partial charge in [-0.05, 0) is 42.8 Å². The number of aliphatic hydroxyl groups is 1. The number of β-amino-alcohol motifs (C(OH)–C–C–N with tert-alkyl or cyclic N) is 1. The third-order valence-corrected chi connectivity index (χ3v) is 6.68. The number of aromatic nitrogens is 2. The van der Waals surface area contributed by atoms with Gasteiger partial charge in [-0.25, -0.2) is 14.2 Å². The summed E-state index contributed by atoms with van der Waals surface area (Å²) in [7, 11) is 1.49. The van der Waals surface area contributed by atoms with E-state index in [4.69, 9.17) is 10.5 Å². The number of nitrogens with two attached hydrogens (primary N) is 1. The van der Waals surface area contributed by atoms with Crippen LogP contribution >= 0.6 is 0 Å². The summed E-state index contributed by atoms with van der Waals surface area (Å²) in [6, 6.07) is 6.42. The van der Waals surface area contributed by atoms with Crippen LogP contribution in [0.2, 0.25) is 0 Å². The van der Waals surface area contributed by atoms with Crippen LogP contribution < -0.4 is 37.1 Å². The van der Waals surface area contributed by atoms with Gasteiger partial charge in [-0.3, -0.25) is 15.3 Å². The Morgan fingerprint density at radius 3 is 2.57 bits per heavy atom. The van der Waals surface area contributed by atoms with Gasteiger partial charge in [0.15, 0.2) is 17.4 Å². The number of aryl methyl sites for hydroxylation is 1. The molecule has 3 aromatic rings. The molecule has 1 aliphatic heterocycles. The minimum Gasteiger partial charge on any atom is -0.475 e. The Hall–Kier alpha value is -4.60. The van der Waals surface area contributed by atoms with E-state index >= 15 is 0 Å². The zero-order chi connectivity index (χ0) is 30.4. The van der Waals surface area contributed by atoms with Crippen molar-refractivity contribution >= 4 is 23.5 Å². The normalized spacial score (nSPS) is 16.1. The number of carbonyl (C=O) groups is 3. The van der Waals surface area contributed by atoms with Gasteiger partial charge in [-0.15, -0.1) is 0 Å². The lowest BCUT2D eigenvalue weighted by atomic mass is 10.1. The average molecular weight is 587 g/mol. The molecule has 1 aliphatic rings. The molecule has 0 saturated carbocycles. The zero-order valence-electron chi connectivity index (χ0n) is 23.0. The smallest absolute Gasteiger partial charge is 0.315 e. The van der Waals surface area contributed by atoms with Gasteiger partial charge in [0.1, 0.15) is 6.73 Å². The first-order valence-corrected chi connectivity index (χ1v) is 13.1. The van der Waals surface area contributed by atoms with Crippen molar-refractivity contribution in [3.05, 3.63) is 65.1 Å². The second-order valence-electron chi connectivity index (χ2n) is 9.55. The molecule has 13 nitrogen and oxygen atoms in total. The van der Waals surface area contributed by atoms with Crippen molar-refractivity contribution in [3.8, 4) is 17.0 Å². The lowest BCUT2D eigenvalue weighted by Gasteiger charge is -2.16. The molecule has 0 aliphatic carbocycles. The number of carbonyl (C=O) groups excluding carboxylic acids is 3. The molecule has 8 N–H and O–H groups in total. The van der Waals surface area contributed by atoms with Crippen molar-refractivity contribution in [1.29, 1.82) is 0 Å². The molecule has 0 spiro atoms. The van der Waals surface area contributed by atoms with E-state index in [9.17, 15) is 28.3 Å². The van der Waals surface area contributed by atoms with Gasteiger partial charge in [0.25, 0.3) is 11.8 Å². The second-order valence-corrected chi connectivity index (χ2v) is 9.55. The molecule has 1 saturated heterocycles. The SMILES string of the molecule is Cc1cc(NC(=O)c2ncc(-c3ccc(OCN)c(F)c3F)n2C)ccc1C(=O)NCCNC(=O)N[C@@H]1CNC[C@H]1O. The number of anilines is 1. The molecule has 0 unspecified atom stereocenters. The van der Waals surface area contributed by atoms with Crippen molar-refractivity contribution in [2.24, 2.45) is 12.8 Å². The van der Waals surface area contributed by atoms with Gasteiger partial charge in [-0.1, -0.05) is 0 Å². The molecule has 0 bridgehead atoms. The van der Waals surface area contributed by atoms with Crippen LogP contribution in [0.5, 0.6) is 5.75 Å². The highest BCUT2D eigenvalue weighted by atomic mass is 19.2. The summed E-state index contributed by atoms with van der Waals surface area (Å²) in [6.45, 7) is 2.62. The summed E-state index contributed by atoms with van der Waals surface area (Å²) >= 11 is 0. The molecule has 0 radical (unpaired) electrons. The fourth-order valence-corrected chi connectivity index (χ4v) is 4.46. The molecule has 4 rings (SSSR count). The van der Waals surface area contributed by atoms with Gasteiger partial charge in [0, 0.05) is 50.0 Å². The quantitative estimate of drug-likeness (QED) is 0.133. The highest BCUT2D eigenvalue weighted by Crippen LogP contribution is 2.30. The molecule has 2 atom stereocenters. The third kappa shape index (κ3) is 6.82. The van der Waals surface area contributed by atoms with Gasteiger partial charge in [0.2, 0.25) is 5.82 Å². The number of imidazole rings is 1. The number of urea groups is 1. The van der Waals surface area contributed by atoms with Crippen LogP contribution in [0.1, 0.15) is 26.5 Å². The molecule has 4 amide bonds. The van der Waals surface area contributed by atoms with Crippen molar-refractivity contribution in [1.82, 2.24) is 30.8 Å². The van der Waals surface area contributed by atoms with E-state index in [1.54, 1.807) is 25.1 Å². The summed E-state index contributed by atoms with van der Waals surface area (Å²) in [6.07, 6.45) is 0.603. The summed E-state index contributed by atoms with van der Waals surface area (Å²) < 4.78 is 35.2. The summed E-state index contributed by atoms with van der Waals surface area (Å²) in [5.41, 5.74) is 6.63. The first kappa shape index (κ1) is 30.4. The van der Waals surface area contributed by atoms with Crippen LogP contribution in [-0.2, 0) is 7.05 Å². The lowest BCUT2D eigenvalue weighted by Crippen LogP contribution is -2.48. The Morgan fingerprint density at radius 2 is 1.88 bits per heavy atom. The van der Waals surface area contributed by atoms with Crippen molar-refractivity contribution in [2.75, 3.05) is 38.2 Å².